The summed E-state index contributed by atoms with van der Waals surface area (Å²) in [5.74, 6) is 1.46. The number of aromatic nitrogens is 2. The van der Waals surface area contributed by atoms with Gasteiger partial charge in [-0.2, -0.15) is 5.10 Å². The first-order valence-corrected chi connectivity index (χ1v) is 5.89. The van der Waals surface area contributed by atoms with Gasteiger partial charge in [-0.1, -0.05) is 6.92 Å². The van der Waals surface area contributed by atoms with Crippen LogP contribution >= 0.6 is 0 Å². The molecule has 15 heavy (non-hydrogen) atoms. The molecule has 1 atom stereocenters. The van der Waals surface area contributed by atoms with Gasteiger partial charge in [0.2, 0.25) is 0 Å². The Hall–Kier alpha value is -0.830. The van der Waals surface area contributed by atoms with Crippen LogP contribution in [0.3, 0.4) is 0 Å². The molecular formula is C12H21N3. The van der Waals surface area contributed by atoms with Gasteiger partial charge < -0.3 is 5.32 Å². The van der Waals surface area contributed by atoms with E-state index in [4.69, 9.17) is 0 Å². The Bertz CT molecular complexity index is 304. The summed E-state index contributed by atoms with van der Waals surface area (Å²) >= 11 is 0. The van der Waals surface area contributed by atoms with Crippen LogP contribution in [0.2, 0.25) is 0 Å². The minimum absolute atomic E-state index is 0.639. The van der Waals surface area contributed by atoms with Crippen LogP contribution in [0.4, 0.5) is 0 Å². The molecule has 1 aliphatic heterocycles. The first-order valence-electron chi connectivity index (χ1n) is 5.89. The first-order chi connectivity index (χ1) is 7.20. The van der Waals surface area contributed by atoms with Crippen molar-refractivity contribution in [1.82, 2.24) is 15.1 Å². The number of hydrogen-bond acceptors (Lipinski definition) is 2. The third-order valence-corrected chi connectivity index (χ3v) is 3.70. The standard InChI is InChI=1S/C12H21N3/c1-9-8-14-15(3)12(9)10(2)11-4-6-13-7-5-11/h8,10-11,13H,4-7H2,1-3H3. The maximum atomic E-state index is 4.33. The Morgan fingerprint density at radius 1 is 1.47 bits per heavy atom. The summed E-state index contributed by atoms with van der Waals surface area (Å²) in [6.45, 7) is 6.86. The zero-order valence-corrected chi connectivity index (χ0v) is 9.95. The van der Waals surface area contributed by atoms with Gasteiger partial charge in [0.15, 0.2) is 0 Å². The largest absolute Gasteiger partial charge is 0.317 e. The Labute approximate surface area is 91.9 Å². The highest BCUT2D eigenvalue weighted by Gasteiger charge is 2.24. The number of nitrogens with zero attached hydrogens (tertiary/aromatic N) is 2. The smallest absolute Gasteiger partial charge is 0.0521 e. The third-order valence-electron chi connectivity index (χ3n) is 3.70. The highest BCUT2D eigenvalue weighted by molar-refractivity contribution is 5.20. The molecule has 0 bridgehead atoms. The zero-order chi connectivity index (χ0) is 10.8. The number of aryl methyl sites for hydroxylation is 2. The van der Waals surface area contributed by atoms with Crippen LogP contribution < -0.4 is 5.32 Å². The summed E-state index contributed by atoms with van der Waals surface area (Å²) in [7, 11) is 2.06. The normalized spacial score (nSPS) is 20.5. The molecule has 0 amide bonds. The summed E-state index contributed by atoms with van der Waals surface area (Å²) in [5.41, 5.74) is 2.76. The molecule has 0 aromatic carbocycles. The van der Waals surface area contributed by atoms with Gasteiger partial charge in [0.25, 0.3) is 0 Å². The molecule has 1 N–H and O–H groups in total. The van der Waals surface area contributed by atoms with Crippen molar-refractivity contribution in [1.29, 1.82) is 0 Å². The van der Waals surface area contributed by atoms with Gasteiger partial charge in [-0.05, 0) is 44.3 Å². The van der Waals surface area contributed by atoms with Crippen LogP contribution in [-0.4, -0.2) is 22.9 Å². The Morgan fingerprint density at radius 2 is 2.13 bits per heavy atom. The van der Waals surface area contributed by atoms with E-state index in [0.29, 0.717) is 5.92 Å². The van der Waals surface area contributed by atoms with Crippen molar-refractivity contribution in [3.05, 3.63) is 17.5 Å². The molecule has 1 unspecified atom stereocenters. The van der Waals surface area contributed by atoms with E-state index >= 15 is 0 Å². The molecule has 2 rings (SSSR count). The molecule has 84 valence electrons. The lowest BCUT2D eigenvalue weighted by molar-refractivity contribution is 0.321. The van der Waals surface area contributed by atoms with Crippen molar-refractivity contribution >= 4 is 0 Å². The van der Waals surface area contributed by atoms with Gasteiger partial charge in [0, 0.05) is 18.7 Å². The van der Waals surface area contributed by atoms with Crippen LogP contribution in [0.1, 0.15) is 36.9 Å². The van der Waals surface area contributed by atoms with E-state index in [-0.39, 0.29) is 0 Å². The van der Waals surface area contributed by atoms with Gasteiger partial charge in [0.05, 0.1) is 6.20 Å². The Morgan fingerprint density at radius 3 is 2.67 bits per heavy atom. The predicted molar refractivity (Wildman–Crippen MR) is 62.0 cm³/mol. The fourth-order valence-electron chi connectivity index (χ4n) is 2.78. The predicted octanol–water partition coefficient (Wildman–Crippen LogP) is 1.83. The summed E-state index contributed by atoms with van der Waals surface area (Å²) in [5, 5.41) is 7.75. The van der Waals surface area contributed by atoms with Gasteiger partial charge in [0.1, 0.15) is 0 Å². The second-order valence-corrected chi connectivity index (χ2v) is 4.71. The SMILES string of the molecule is Cc1cnn(C)c1C(C)C1CCNCC1. The number of hydrogen-bond donors (Lipinski definition) is 1. The number of rotatable bonds is 2. The van der Waals surface area contributed by atoms with Gasteiger partial charge in [-0.25, -0.2) is 0 Å². The molecule has 0 saturated carbocycles. The highest BCUT2D eigenvalue weighted by Crippen LogP contribution is 2.31. The summed E-state index contributed by atoms with van der Waals surface area (Å²) < 4.78 is 2.04. The molecular weight excluding hydrogens is 186 g/mol. The second-order valence-electron chi connectivity index (χ2n) is 4.71. The molecule has 1 aliphatic rings. The second kappa shape index (κ2) is 4.35. The van der Waals surface area contributed by atoms with E-state index in [9.17, 15) is 0 Å². The van der Waals surface area contributed by atoms with Crippen molar-refractivity contribution in [3.63, 3.8) is 0 Å². The highest BCUT2D eigenvalue weighted by atomic mass is 15.3. The molecule has 3 nitrogen and oxygen atoms in total. The van der Waals surface area contributed by atoms with Crippen LogP contribution in [0.15, 0.2) is 6.20 Å². The molecule has 2 heterocycles. The molecule has 0 aliphatic carbocycles. The topological polar surface area (TPSA) is 29.9 Å². The maximum Gasteiger partial charge on any atom is 0.0521 e. The minimum Gasteiger partial charge on any atom is -0.317 e. The lowest BCUT2D eigenvalue weighted by atomic mass is 9.83. The average molecular weight is 207 g/mol. The molecule has 1 fully saturated rings. The molecule has 1 aromatic rings. The Kier molecular flexibility index (Phi) is 3.10. The van der Waals surface area contributed by atoms with E-state index in [1.807, 2.05) is 10.9 Å². The molecule has 1 saturated heterocycles. The summed E-state index contributed by atoms with van der Waals surface area (Å²) in [6.07, 6.45) is 4.57. The molecule has 0 radical (unpaired) electrons. The summed E-state index contributed by atoms with van der Waals surface area (Å²) in [6, 6.07) is 0. The lowest BCUT2D eigenvalue weighted by Gasteiger charge is -2.28. The molecule has 3 heteroatoms. The number of nitrogens with one attached hydrogen (secondary N) is 1. The van der Waals surface area contributed by atoms with Crippen molar-refractivity contribution in [3.8, 4) is 0 Å². The molecule has 0 spiro atoms. The van der Waals surface area contributed by atoms with Crippen LogP contribution in [0.5, 0.6) is 0 Å². The van der Waals surface area contributed by atoms with Crippen molar-refractivity contribution in [2.45, 2.75) is 32.6 Å². The van der Waals surface area contributed by atoms with E-state index < -0.39 is 0 Å². The fourth-order valence-corrected chi connectivity index (χ4v) is 2.78. The minimum atomic E-state index is 0.639. The summed E-state index contributed by atoms with van der Waals surface area (Å²) in [4.78, 5) is 0. The van der Waals surface area contributed by atoms with E-state index in [1.54, 1.807) is 0 Å². The quantitative estimate of drug-likeness (QED) is 0.802. The lowest BCUT2D eigenvalue weighted by Crippen LogP contribution is -2.30. The third kappa shape index (κ3) is 2.07. The maximum absolute atomic E-state index is 4.33. The van der Waals surface area contributed by atoms with Crippen LogP contribution in [0.25, 0.3) is 0 Å². The average Bonchev–Trinajstić information content (AvgIpc) is 2.59. The van der Waals surface area contributed by atoms with Crippen molar-refractivity contribution < 1.29 is 0 Å². The van der Waals surface area contributed by atoms with Gasteiger partial charge in [-0.3, -0.25) is 4.68 Å². The van der Waals surface area contributed by atoms with Crippen LogP contribution in [0, 0.1) is 12.8 Å². The zero-order valence-electron chi connectivity index (χ0n) is 9.95. The van der Waals surface area contributed by atoms with Crippen LogP contribution in [-0.2, 0) is 7.05 Å². The van der Waals surface area contributed by atoms with Gasteiger partial charge >= 0.3 is 0 Å². The fraction of sp³-hybridized carbons (Fsp3) is 0.750. The first kappa shape index (κ1) is 10.7. The van der Waals surface area contributed by atoms with E-state index in [1.165, 1.54) is 37.2 Å². The van der Waals surface area contributed by atoms with Gasteiger partial charge in [-0.15, -0.1) is 0 Å². The Balaban J connectivity index is 2.15. The van der Waals surface area contributed by atoms with Crippen molar-refractivity contribution in [2.24, 2.45) is 13.0 Å². The van der Waals surface area contributed by atoms with Crippen molar-refractivity contribution in [2.75, 3.05) is 13.1 Å². The monoisotopic (exact) mass is 207 g/mol. The molecule has 1 aromatic heterocycles. The number of piperidine rings is 1. The van der Waals surface area contributed by atoms with E-state index in [2.05, 4.69) is 31.3 Å². The van der Waals surface area contributed by atoms with E-state index in [0.717, 1.165) is 5.92 Å².